The maximum atomic E-state index is 12.9. The Hall–Kier alpha value is -1.15. The minimum Gasteiger partial charge on any atom is -0.356 e. The van der Waals surface area contributed by atoms with E-state index in [4.69, 9.17) is 0 Å². The van der Waals surface area contributed by atoms with Gasteiger partial charge in [-0.1, -0.05) is 25.1 Å². The third-order valence-electron chi connectivity index (χ3n) is 3.59. The number of benzene rings is 1. The quantitative estimate of drug-likeness (QED) is 0.370. The first-order valence-corrected chi connectivity index (χ1v) is 8.76. The van der Waals surface area contributed by atoms with Crippen molar-refractivity contribution in [2.75, 3.05) is 20.1 Å². The number of thiophene rings is 1. The normalized spacial score (nSPS) is 12.4. The second kappa shape index (κ2) is 11.4. The average Bonchev–Trinajstić information content (AvgIpc) is 3.05. The van der Waals surface area contributed by atoms with Gasteiger partial charge in [0.05, 0.1) is 0 Å². The van der Waals surface area contributed by atoms with Gasteiger partial charge in [0, 0.05) is 25.0 Å². The van der Waals surface area contributed by atoms with E-state index in [2.05, 4.69) is 40.1 Å². The molecule has 132 valence electrons. The highest BCUT2D eigenvalue weighted by Gasteiger charge is 2.06. The molecule has 24 heavy (non-hydrogen) atoms. The van der Waals surface area contributed by atoms with Crippen LogP contribution in [0.3, 0.4) is 0 Å². The Morgan fingerprint density at radius 3 is 2.58 bits per heavy atom. The van der Waals surface area contributed by atoms with Crippen molar-refractivity contribution in [2.45, 2.75) is 19.8 Å². The number of aliphatic imine (C=N–C) groups is 1. The minimum atomic E-state index is -0.195. The lowest BCUT2D eigenvalue weighted by Crippen LogP contribution is -2.40. The predicted octanol–water partition coefficient (Wildman–Crippen LogP) is 4.09. The van der Waals surface area contributed by atoms with Crippen molar-refractivity contribution >= 4 is 41.3 Å². The van der Waals surface area contributed by atoms with Crippen molar-refractivity contribution in [1.29, 1.82) is 0 Å². The molecule has 1 aromatic heterocycles. The minimum absolute atomic E-state index is 0. The molecule has 3 nitrogen and oxygen atoms in total. The Bertz CT molecular complexity index is 599. The molecule has 0 amide bonds. The molecule has 0 bridgehead atoms. The first-order valence-electron chi connectivity index (χ1n) is 7.88. The molecule has 0 aliphatic heterocycles. The summed E-state index contributed by atoms with van der Waals surface area (Å²) in [6, 6.07) is 10.9. The average molecular weight is 461 g/mol. The van der Waals surface area contributed by atoms with Gasteiger partial charge in [0.25, 0.3) is 0 Å². The SMILES string of the molecule is CN=C(NCCc1ccc(F)cc1)NCC(C)Cc1cccs1.I. The highest BCUT2D eigenvalue weighted by atomic mass is 127. The molecule has 2 N–H and O–H groups in total. The van der Waals surface area contributed by atoms with Crippen LogP contribution in [0.25, 0.3) is 0 Å². The molecule has 1 atom stereocenters. The monoisotopic (exact) mass is 461 g/mol. The summed E-state index contributed by atoms with van der Waals surface area (Å²) in [6.45, 7) is 3.89. The van der Waals surface area contributed by atoms with Crippen molar-refractivity contribution in [1.82, 2.24) is 10.6 Å². The van der Waals surface area contributed by atoms with Crippen LogP contribution >= 0.6 is 35.3 Å². The summed E-state index contributed by atoms with van der Waals surface area (Å²) < 4.78 is 12.9. The molecule has 6 heteroatoms. The molecule has 0 fully saturated rings. The molecule has 2 aromatic rings. The number of nitrogens with one attached hydrogen (secondary N) is 2. The molecule has 1 unspecified atom stereocenters. The first-order chi connectivity index (χ1) is 11.2. The zero-order valence-electron chi connectivity index (χ0n) is 14.1. The van der Waals surface area contributed by atoms with Gasteiger partial charge in [-0.2, -0.15) is 0 Å². The lowest BCUT2D eigenvalue weighted by atomic mass is 10.1. The number of hydrogen-bond donors (Lipinski definition) is 2. The van der Waals surface area contributed by atoms with Crippen LogP contribution < -0.4 is 10.6 Å². The van der Waals surface area contributed by atoms with E-state index in [-0.39, 0.29) is 29.8 Å². The highest BCUT2D eigenvalue weighted by molar-refractivity contribution is 14.0. The molecule has 0 saturated heterocycles. The fourth-order valence-electron chi connectivity index (χ4n) is 2.31. The zero-order valence-corrected chi connectivity index (χ0v) is 17.2. The summed E-state index contributed by atoms with van der Waals surface area (Å²) in [5.41, 5.74) is 1.11. The fourth-order valence-corrected chi connectivity index (χ4v) is 3.18. The van der Waals surface area contributed by atoms with Gasteiger partial charge >= 0.3 is 0 Å². The van der Waals surface area contributed by atoms with Crippen molar-refractivity contribution < 1.29 is 4.39 Å². The summed E-state index contributed by atoms with van der Waals surface area (Å²) in [7, 11) is 1.77. The molecule has 0 spiro atoms. The van der Waals surface area contributed by atoms with Gasteiger partial charge in [0.1, 0.15) is 5.82 Å². The van der Waals surface area contributed by atoms with E-state index in [0.717, 1.165) is 37.5 Å². The molecular weight excluding hydrogens is 436 g/mol. The van der Waals surface area contributed by atoms with Crippen LogP contribution in [0.1, 0.15) is 17.4 Å². The molecule has 0 saturated carbocycles. The second-order valence-electron chi connectivity index (χ2n) is 5.65. The van der Waals surface area contributed by atoms with E-state index < -0.39 is 0 Å². The molecule has 0 aliphatic rings. The van der Waals surface area contributed by atoms with Crippen molar-refractivity contribution in [2.24, 2.45) is 10.9 Å². The highest BCUT2D eigenvalue weighted by Crippen LogP contribution is 2.13. The number of guanidine groups is 1. The van der Waals surface area contributed by atoms with E-state index in [1.807, 2.05) is 12.1 Å². The van der Waals surface area contributed by atoms with Crippen molar-refractivity contribution in [3.63, 3.8) is 0 Å². The Labute approximate surface area is 164 Å². The van der Waals surface area contributed by atoms with Crippen LogP contribution in [0.15, 0.2) is 46.8 Å². The van der Waals surface area contributed by atoms with Crippen LogP contribution in [-0.2, 0) is 12.8 Å². The van der Waals surface area contributed by atoms with E-state index in [1.54, 1.807) is 18.4 Å². The predicted molar refractivity (Wildman–Crippen MR) is 112 cm³/mol. The van der Waals surface area contributed by atoms with E-state index in [9.17, 15) is 4.39 Å². The summed E-state index contributed by atoms with van der Waals surface area (Å²) >= 11 is 1.80. The van der Waals surface area contributed by atoms with E-state index in [0.29, 0.717) is 5.92 Å². The molecule has 0 aliphatic carbocycles. The largest absolute Gasteiger partial charge is 0.356 e. The Morgan fingerprint density at radius 1 is 1.21 bits per heavy atom. The summed E-state index contributed by atoms with van der Waals surface area (Å²) in [6.07, 6.45) is 1.92. The first kappa shape index (κ1) is 20.9. The lowest BCUT2D eigenvalue weighted by Gasteiger charge is -2.15. The third-order valence-corrected chi connectivity index (χ3v) is 4.49. The van der Waals surface area contributed by atoms with Gasteiger partial charge < -0.3 is 10.6 Å². The maximum absolute atomic E-state index is 12.9. The summed E-state index contributed by atoms with van der Waals surface area (Å²) in [4.78, 5) is 5.65. The smallest absolute Gasteiger partial charge is 0.190 e. The zero-order chi connectivity index (χ0) is 16.5. The lowest BCUT2D eigenvalue weighted by molar-refractivity contribution is 0.562. The van der Waals surface area contributed by atoms with Crippen LogP contribution in [0, 0.1) is 11.7 Å². The van der Waals surface area contributed by atoms with Crippen molar-refractivity contribution in [3.8, 4) is 0 Å². The molecule has 1 aromatic carbocycles. The molecule has 1 heterocycles. The number of halogens is 2. The van der Waals surface area contributed by atoms with Crippen LogP contribution in [0.5, 0.6) is 0 Å². The standard InChI is InChI=1S/C18H24FN3S.HI/c1-14(12-17-4-3-11-23-17)13-22-18(20-2)21-10-9-15-5-7-16(19)8-6-15;/h3-8,11,14H,9-10,12-13H2,1-2H3,(H2,20,21,22);1H. The third kappa shape index (κ3) is 7.61. The number of nitrogens with zero attached hydrogens (tertiary/aromatic N) is 1. The maximum Gasteiger partial charge on any atom is 0.190 e. The van der Waals surface area contributed by atoms with Gasteiger partial charge in [-0.25, -0.2) is 4.39 Å². The second-order valence-corrected chi connectivity index (χ2v) is 6.68. The number of hydrogen-bond acceptors (Lipinski definition) is 2. The molecule has 0 radical (unpaired) electrons. The van der Waals surface area contributed by atoms with E-state index >= 15 is 0 Å². The van der Waals surface area contributed by atoms with Crippen molar-refractivity contribution in [3.05, 3.63) is 58.0 Å². The Kier molecular flexibility index (Phi) is 9.94. The van der Waals surface area contributed by atoms with Gasteiger partial charge in [-0.3, -0.25) is 4.99 Å². The van der Waals surface area contributed by atoms with Gasteiger partial charge in [0.2, 0.25) is 0 Å². The van der Waals surface area contributed by atoms with Gasteiger partial charge in [-0.15, -0.1) is 35.3 Å². The summed E-state index contributed by atoms with van der Waals surface area (Å²) in [5.74, 6) is 1.16. The number of rotatable bonds is 7. The van der Waals surface area contributed by atoms with Gasteiger partial charge in [-0.05, 0) is 47.9 Å². The molecular formula is C18H25FIN3S. The Balaban J connectivity index is 0.00000288. The molecule has 2 rings (SSSR count). The van der Waals surface area contributed by atoms with Crippen LogP contribution in [0.2, 0.25) is 0 Å². The van der Waals surface area contributed by atoms with Crippen LogP contribution in [0.4, 0.5) is 4.39 Å². The fraction of sp³-hybridized carbons (Fsp3) is 0.389. The van der Waals surface area contributed by atoms with E-state index in [1.165, 1.54) is 17.0 Å². The van der Waals surface area contributed by atoms with Crippen LogP contribution in [-0.4, -0.2) is 26.1 Å². The Morgan fingerprint density at radius 2 is 1.96 bits per heavy atom. The topological polar surface area (TPSA) is 36.4 Å². The summed E-state index contributed by atoms with van der Waals surface area (Å²) in [5, 5.41) is 8.77. The van der Waals surface area contributed by atoms with Gasteiger partial charge in [0.15, 0.2) is 5.96 Å².